The van der Waals surface area contributed by atoms with Crippen molar-refractivity contribution in [3.63, 3.8) is 0 Å². The van der Waals surface area contributed by atoms with Crippen LogP contribution in [-0.4, -0.2) is 20.6 Å². The maximum atomic E-state index is 10.4. The molecule has 0 heterocycles. The molecule has 0 aromatic rings. The van der Waals surface area contributed by atoms with Crippen LogP contribution in [0.5, 0.6) is 0 Å². The highest BCUT2D eigenvalue weighted by Crippen LogP contribution is 1.73. The molecule has 0 radical (unpaired) electrons. The molecule has 0 fully saturated rings. The zero-order valence-electron chi connectivity index (χ0n) is 5.84. The fraction of sp³-hybridized carbons (Fsp3) is 0.750. The minimum absolute atomic E-state index is 0.252. The third-order valence-electron chi connectivity index (χ3n) is 0.697. The highest BCUT2D eigenvalue weighted by molar-refractivity contribution is 7.88. The van der Waals surface area contributed by atoms with Crippen LogP contribution in [0.4, 0.5) is 0 Å². The largest absolute Gasteiger partial charge is 0.278 e. The highest BCUT2D eigenvalue weighted by atomic mass is 32.2. The lowest BCUT2D eigenvalue weighted by atomic mass is 10.5. The third kappa shape index (κ3) is 5.52. The Morgan fingerprint density at radius 3 is 2.30 bits per heavy atom. The summed E-state index contributed by atoms with van der Waals surface area (Å²) in [4.78, 5) is 12.3. The molecule has 0 aliphatic carbocycles. The van der Waals surface area contributed by atoms with Crippen LogP contribution in [0, 0.1) is 0 Å². The van der Waals surface area contributed by atoms with Crippen LogP contribution in [-0.2, 0) is 14.8 Å². The minimum Gasteiger partial charge on any atom is -0.278 e. The minimum atomic E-state index is -3.31. The number of carbonyl (C=O) groups excluding carboxylic acids is 1. The van der Waals surface area contributed by atoms with Crippen LogP contribution in [0.1, 0.15) is 13.3 Å². The van der Waals surface area contributed by atoms with Gasteiger partial charge in [-0.25, -0.2) is 8.42 Å². The van der Waals surface area contributed by atoms with Crippen LogP contribution in [0.25, 0.3) is 0 Å². The number of amides is 1. The summed E-state index contributed by atoms with van der Waals surface area (Å²) in [7, 11) is -3.31. The fourth-order valence-electron chi connectivity index (χ4n) is 0.238. The van der Waals surface area contributed by atoms with Crippen molar-refractivity contribution in [3.05, 3.63) is 0 Å². The van der Waals surface area contributed by atoms with Crippen molar-refractivity contribution >= 4 is 15.9 Å². The van der Waals surface area contributed by atoms with Crippen LogP contribution in [0.3, 0.4) is 0 Å². The van der Waals surface area contributed by atoms with E-state index in [9.17, 15) is 13.2 Å². The van der Waals surface area contributed by atoms with Gasteiger partial charge >= 0.3 is 0 Å². The molecule has 0 spiro atoms. The zero-order valence-corrected chi connectivity index (χ0v) is 6.66. The molecule has 0 bridgehead atoms. The van der Waals surface area contributed by atoms with Crippen LogP contribution < -0.4 is 10.3 Å². The summed E-state index contributed by atoms with van der Waals surface area (Å²) >= 11 is 0. The third-order valence-corrected chi connectivity index (χ3v) is 1.17. The van der Waals surface area contributed by atoms with Crippen molar-refractivity contribution in [1.29, 1.82) is 0 Å². The van der Waals surface area contributed by atoms with E-state index in [1.165, 1.54) is 0 Å². The summed E-state index contributed by atoms with van der Waals surface area (Å²) in [5, 5.41) is 0. The van der Waals surface area contributed by atoms with E-state index in [4.69, 9.17) is 0 Å². The van der Waals surface area contributed by atoms with Gasteiger partial charge in [-0.3, -0.25) is 10.2 Å². The van der Waals surface area contributed by atoms with E-state index in [1.54, 1.807) is 6.92 Å². The Labute approximate surface area is 59.8 Å². The number of carbonyl (C=O) groups is 1. The van der Waals surface area contributed by atoms with Gasteiger partial charge in [-0.05, 0) is 0 Å². The first kappa shape index (κ1) is 9.38. The van der Waals surface area contributed by atoms with Crippen LogP contribution >= 0.6 is 0 Å². The van der Waals surface area contributed by atoms with Gasteiger partial charge in [0.2, 0.25) is 15.9 Å². The van der Waals surface area contributed by atoms with Gasteiger partial charge in [0.25, 0.3) is 0 Å². The summed E-state index contributed by atoms with van der Waals surface area (Å²) in [5.41, 5.74) is 2.00. The second-order valence-electron chi connectivity index (χ2n) is 1.78. The topological polar surface area (TPSA) is 75.3 Å². The second kappa shape index (κ2) is 3.52. The lowest BCUT2D eigenvalue weighted by molar-refractivity contribution is -0.121. The number of hydrazine groups is 1. The quantitative estimate of drug-likeness (QED) is 0.527. The molecule has 0 atom stereocenters. The Balaban J connectivity index is 3.67. The van der Waals surface area contributed by atoms with E-state index in [1.807, 2.05) is 10.3 Å². The molecular formula is C4H10N2O3S. The van der Waals surface area contributed by atoms with Crippen LogP contribution in [0.15, 0.2) is 0 Å². The molecule has 60 valence electrons. The number of hydrogen-bond donors (Lipinski definition) is 2. The molecule has 0 aromatic heterocycles. The molecule has 0 aliphatic heterocycles. The van der Waals surface area contributed by atoms with Gasteiger partial charge in [0.05, 0.1) is 6.26 Å². The summed E-state index contributed by atoms with van der Waals surface area (Å²) < 4.78 is 20.7. The van der Waals surface area contributed by atoms with Crippen molar-refractivity contribution in [2.75, 3.05) is 6.26 Å². The van der Waals surface area contributed by atoms with Crippen molar-refractivity contribution in [2.24, 2.45) is 0 Å². The van der Waals surface area contributed by atoms with E-state index in [0.29, 0.717) is 0 Å². The Morgan fingerprint density at radius 1 is 1.50 bits per heavy atom. The molecule has 0 rings (SSSR count). The molecule has 0 aliphatic rings. The lowest BCUT2D eigenvalue weighted by Gasteiger charge is -2.01. The van der Waals surface area contributed by atoms with Crippen LogP contribution in [0.2, 0.25) is 0 Å². The van der Waals surface area contributed by atoms with E-state index < -0.39 is 10.0 Å². The number of nitrogens with one attached hydrogen (secondary N) is 2. The Hall–Kier alpha value is -0.620. The second-order valence-corrected chi connectivity index (χ2v) is 3.52. The van der Waals surface area contributed by atoms with E-state index in [0.717, 1.165) is 6.26 Å². The Morgan fingerprint density at radius 2 is 2.00 bits per heavy atom. The zero-order chi connectivity index (χ0) is 8.20. The van der Waals surface area contributed by atoms with Gasteiger partial charge in [-0.2, -0.15) is 0 Å². The SMILES string of the molecule is CCC(=O)NNS(C)(=O)=O. The van der Waals surface area contributed by atoms with E-state index in [-0.39, 0.29) is 12.3 Å². The molecule has 10 heavy (non-hydrogen) atoms. The summed E-state index contributed by atoms with van der Waals surface area (Å²) in [6.07, 6.45) is 1.21. The van der Waals surface area contributed by atoms with Gasteiger partial charge in [0.1, 0.15) is 0 Å². The molecule has 0 aromatic carbocycles. The summed E-state index contributed by atoms with van der Waals surface area (Å²) in [6.45, 7) is 1.62. The predicted octanol–water partition coefficient (Wildman–Crippen LogP) is -1.02. The lowest BCUT2D eigenvalue weighted by Crippen LogP contribution is -2.40. The van der Waals surface area contributed by atoms with E-state index >= 15 is 0 Å². The standard InChI is InChI=1S/C4H10N2O3S/c1-3-4(7)5-6-10(2,8)9/h6H,3H2,1-2H3,(H,5,7). The molecule has 6 heteroatoms. The number of hydrogen-bond acceptors (Lipinski definition) is 3. The smallest absolute Gasteiger partial charge is 0.234 e. The first-order valence-corrected chi connectivity index (χ1v) is 4.60. The average molecular weight is 166 g/mol. The Kier molecular flexibility index (Phi) is 3.31. The predicted molar refractivity (Wildman–Crippen MR) is 36.4 cm³/mol. The first-order valence-electron chi connectivity index (χ1n) is 2.71. The Bertz CT molecular complexity index is 209. The van der Waals surface area contributed by atoms with Gasteiger partial charge in [0.15, 0.2) is 0 Å². The summed E-state index contributed by atoms with van der Waals surface area (Å²) in [5.74, 6) is -0.356. The highest BCUT2D eigenvalue weighted by Gasteiger charge is 2.00. The van der Waals surface area contributed by atoms with Gasteiger partial charge in [-0.15, -0.1) is 4.83 Å². The van der Waals surface area contributed by atoms with Gasteiger partial charge in [0, 0.05) is 6.42 Å². The molecular weight excluding hydrogens is 156 g/mol. The van der Waals surface area contributed by atoms with Crippen molar-refractivity contribution in [1.82, 2.24) is 10.3 Å². The van der Waals surface area contributed by atoms with Crippen molar-refractivity contribution in [2.45, 2.75) is 13.3 Å². The molecule has 5 nitrogen and oxygen atoms in total. The monoisotopic (exact) mass is 166 g/mol. The summed E-state index contributed by atoms with van der Waals surface area (Å²) in [6, 6.07) is 0. The maximum absolute atomic E-state index is 10.4. The van der Waals surface area contributed by atoms with Crippen molar-refractivity contribution < 1.29 is 13.2 Å². The molecule has 0 saturated carbocycles. The number of sulfonamides is 1. The fourth-order valence-corrected chi connectivity index (χ4v) is 0.537. The maximum Gasteiger partial charge on any atom is 0.234 e. The van der Waals surface area contributed by atoms with Crippen molar-refractivity contribution in [3.8, 4) is 0 Å². The average Bonchev–Trinajstić information content (AvgIpc) is 1.81. The number of rotatable bonds is 3. The molecule has 0 saturated heterocycles. The van der Waals surface area contributed by atoms with Gasteiger partial charge < -0.3 is 0 Å². The van der Waals surface area contributed by atoms with Gasteiger partial charge in [-0.1, -0.05) is 6.92 Å². The van der Waals surface area contributed by atoms with E-state index in [2.05, 4.69) is 0 Å². The molecule has 1 amide bonds. The molecule has 0 unspecified atom stereocenters. The normalized spacial score (nSPS) is 11.0. The molecule has 2 N–H and O–H groups in total. The first-order chi connectivity index (χ1) is 4.45.